The number of hydrogen-bond donors (Lipinski definition) is 3. The van der Waals surface area contributed by atoms with Crippen LogP contribution >= 0.6 is 23.5 Å². The maximum Gasteiger partial charge on any atom is 0.352 e. The Morgan fingerprint density at radius 3 is 2.84 bits per heavy atom. The fraction of sp³-hybridized carbons (Fsp3) is 0.462. The minimum absolute atomic E-state index is 0.0576. The smallest absolute Gasteiger partial charge is 0.352 e. The van der Waals surface area contributed by atoms with Gasteiger partial charge < -0.3 is 10.8 Å². The summed E-state index contributed by atoms with van der Waals surface area (Å²) in [6.07, 6.45) is 0. The van der Waals surface area contributed by atoms with Gasteiger partial charge in [-0.3, -0.25) is 29.1 Å². The molecule has 12 heteroatoms. The van der Waals surface area contributed by atoms with Crippen molar-refractivity contribution in [2.75, 3.05) is 11.5 Å². The van der Waals surface area contributed by atoms with Crippen LogP contribution in [0.4, 0.5) is 0 Å². The standard InChI is InChI=1S/C13H15N5O5S2/c1-2-17-13(15-8(19)9(20)16-17)25-4-5-3-24-11-6(14)10(21)18(11)7(5)12(22)23/h6,11H,2-4,14H2,1H3,(H,16,20)(H,22,23)/t6?,11-/m1/s1. The first kappa shape index (κ1) is 17.8. The molecule has 2 aliphatic heterocycles. The molecule has 10 nitrogen and oxygen atoms in total. The highest BCUT2D eigenvalue weighted by Gasteiger charge is 2.51. The van der Waals surface area contributed by atoms with Crippen LogP contribution in [0, 0.1) is 0 Å². The molecule has 0 radical (unpaired) electrons. The molecule has 134 valence electrons. The van der Waals surface area contributed by atoms with E-state index in [-0.39, 0.29) is 22.0 Å². The number of nitrogens with two attached hydrogens (primary N) is 1. The Morgan fingerprint density at radius 2 is 2.20 bits per heavy atom. The van der Waals surface area contributed by atoms with Gasteiger partial charge in [-0.15, -0.1) is 11.8 Å². The number of nitrogens with one attached hydrogen (secondary N) is 1. The molecular formula is C13H15N5O5S2. The summed E-state index contributed by atoms with van der Waals surface area (Å²) in [7, 11) is 0. The van der Waals surface area contributed by atoms with E-state index in [9.17, 15) is 24.3 Å². The lowest BCUT2D eigenvalue weighted by Crippen LogP contribution is -2.68. The molecule has 0 spiro atoms. The van der Waals surface area contributed by atoms with Crippen LogP contribution in [0.2, 0.25) is 0 Å². The van der Waals surface area contributed by atoms with Crippen molar-refractivity contribution in [2.45, 2.75) is 30.0 Å². The fourth-order valence-electron chi connectivity index (χ4n) is 2.58. The number of aromatic amines is 1. The SMILES string of the molecule is CCn1[nH]c(=O)c(=O)nc1SCC1=C(C(=O)O)N2C(=O)C(N)[C@H]2SC1. The van der Waals surface area contributed by atoms with Gasteiger partial charge in [0.15, 0.2) is 5.16 Å². The Labute approximate surface area is 149 Å². The van der Waals surface area contributed by atoms with E-state index < -0.39 is 29.0 Å². The summed E-state index contributed by atoms with van der Waals surface area (Å²) in [4.78, 5) is 51.2. The molecule has 0 saturated carbocycles. The van der Waals surface area contributed by atoms with Crippen LogP contribution in [0.5, 0.6) is 0 Å². The number of aryl methyl sites for hydroxylation is 1. The predicted octanol–water partition coefficient (Wildman–Crippen LogP) is -1.38. The fourth-order valence-corrected chi connectivity index (χ4v) is 5.03. The molecule has 2 atom stereocenters. The zero-order chi connectivity index (χ0) is 18.3. The van der Waals surface area contributed by atoms with Crippen molar-refractivity contribution in [2.24, 2.45) is 5.73 Å². The van der Waals surface area contributed by atoms with E-state index in [0.29, 0.717) is 17.9 Å². The maximum absolute atomic E-state index is 11.9. The number of amides is 1. The third-order valence-corrected chi connectivity index (χ3v) is 6.26. The highest BCUT2D eigenvalue weighted by atomic mass is 32.2. The second-order valence-electron chi connectivity index (χ2n) is 5.37. The Kier molecular flexibility index (Phi) is 4.75. The molecule has 1 aromatic heterocycles. The normalized spacial score (nSPS) is 22.6. The van der Waals surface area contributed by atoms with E-state index >= 15 is 0 Å². The largest absolute Gasteiger partial charge is 0.477 e. The Balaban J connectivity index is 1.88. The molecule has 1 saturated heterocycles. The van der Waals surface area contributed by atoms with E-state index in [1.54, 1.807) is 6.92 Å². The average Bonchev–Trinajstić information content (AvgIpc) is 2.60. The van der Waals surface area contributed by atoms with Crippen LogP contribution in [0.1, 0.15) is 6.92 Å². The van der Waals surface area contributed by atoms with Gasteiger partial charge in [-0.05, 0) is 12.5 Å². The predicted molar refractivity (Wildman–Crippen MR) is 91.2 cm³/mol. The average molecular weight is 385 g/mol. The number of aromatic nitrogens is 3. The van der Waals surface area contributed by atoms with Gasteiger partial charge in [-0.25, -0.2) is 4.79 Å². The third-order valence-electron chi connectivity index (χ3n) is 3.84. The first-order chi connectivity index (χ1) is 11.8. The molecule has 1 unspecified atom stereocenters. The molecule has 1 fully saturated rings. The summed E-state index contributed by atoms with van der Waals surface area (Å²) >= 11 is 2.53. The number of rotatable bonds is 5. The highest BCUT2D eigenvalue weighted by molar-refractivity contribution is 8.01. The van der Waals surface area contributed by atoms with Crippen LogP contribution in [0.15, 0.2) is 26.0 Å². The first-order valence-electron chi connectivity index (χ1n) is 7.34. The van der Waals surface area contributed by atoms with Crippen LogP contribution in [-0.2, 0) is 16.1 Å². The highest BCUT2D eigenvalue weighted by Crippen LogP contribution is 2.40. The zero-order valence-corrected chi connectivity index (χ0v) is 14.7. The van der Waals surface area contributed by atoms with Gasteiger partial charge in [0.2, 0.25) is 5.91 Å². The quantitative estimate of drug-likeness (QED) is 0.316. The number of fused-ring (bicyclic) bond motifs is 1. The zero-order valence-electron chi connectivity index (χ0n) is 13.1. The summed E-state index contributed by atoms with van der Waals surface area (Å²) in [6.45, 7) is 2.17. The number of β-lactam (4-membered cyclic amide) rings is 1. The number of hydrogen-bond acceptors (Lipinski definition) is 8. The van der Waals surface area contributed by atoms with E-state index in [1.807, 2.05) is 0 Å². The topological polar surface area (TPSA) is 151 Å². The van der Waals surface area contributed by atoms with Crippen molar-refractivity contribution in [1.29, 1.82) is 0 Å². The van der Waals surface area contributed by atoms with Crippen LogP contribution in [0.3, 0.4) is 0 Å². The van der Waals surface area contributed by atoms with E-state index in [1.165, 1.54) is 21.3 Å². The lowest BCUT2D eigenvalue weighted by Gasteiger charge is -2.48. The van der Waals surface area contributed by atoms with E-state index in [0.717, 1.165) is 11.8 Å². The second kappa shape index (κ2) is 6.69. The molecule has 2 aliphatic rings. The van der Waals surface area contributed by atoms with E-state index in [2.05, 4.69) is 10.1 Å². The molecule has 0 bridgehead atoms. The molecule has 1 amide bonds. The lowest BCUT2D eigenvalue weighted by molar-refractivity contribution is -0.147. The molecule has 4 N–H and O–H groups in total. The van der Waals surface area contributed by atoms with E-state index in [4.69, 9.17) is 5.73 Å². The minimum atomic E-state index is -1.19. The molecule has 1 aromatic rings. The number of aliphatic carboxylic acids is 1. The number of carbonyl (C=O) groups excluding carboxylic acids is 1. The van der Waals surface area contributed by atoms with Gasteiger partial charge in [-0.2, -0.15) is 4.98 Å². The summed E-state index contributed by atoms with van der Waals surface area (Å²) in [6, 6.07) is -0.681. The molecule has 0 aliphatic carbocycles. The molecule has 3 rings (SSSR count). The van der Waals surface area contributed by atoms with Gasteiger partial charge in [0.25, 0.3) is 0 Å². The molecule has 25 heavy (non-hydrogen) atoms. The Bertz CT molecular complexity index is 892. The van der Waals surface area contributed by atoms with Crippen molar-refractivity contribution in [3.05, 3.63) is 32.0 Å². The number of H-pyrrole nitrogens is 1. The lowest BCUT2D eigenvalue weighted by atomic mass is 10.0. The van der Waals surface area contributed by atoms with Crippen molar-refractivity contribution >= 4 is 35.4 Å². The summed E-state index contributed by atoms with van der Waals surface area (Å²) in [5.74, 6) is -0.969. The van der Waals surface area contributed by atoms with Crippen LogP contribution in [-0.4, -0.2) is 59.6 Å². The van der Waals surface area contributed by atoms with Gasteiger partial charge >= 0.3 is 17.1 Å². The Hall–Kier alpha value is -2.05. The minimum Gasteiger partial charge on any atom is -0.477 e. The monoisotopic (exact) mass is 385 g/mol. The van der Waals surface area contributed by atoms with Gasteiger partial charge in [0, 0.05) is 18.1 Å². The number of carbonyl (C=O) groups is 2. The third kappa shape index (κ3) is 3.00. The summed E-state index contributed by atoms with van der Waals surface area (Å²) in [5.41, 5.74) is 4.48. The Morgan fingerprint density at radius 1 is 1.48 bits per heavy atom. The van der Waals surface area contributed by atoms with Crippen molar-refractivity contribution in [3.63, 3.8) is 0 Å². The molecule has 3 heterocycles. The van der Waals surface area contributed by atoms with Gasteiger partial charge in [0.1, 0.15) is 17.1 Å². The van der Waals surface area contributed by atoms with Gasteiger partial charge in [-0.1, -0.05) is 11.8 Å². The number of nitrogens with zero attached hydrogens (tertiary/aromatic N) is 3. The molecular weight excluding hydrogens is 370 g/mol. The number of carboxylic acid groups (broad SMARTS) is 1. The first-order valence-corrected chi connectivity index (χ1v) is 9.38. The molecule has 0 aromatic carbocycles. The van der Waals surface area contributed by atoms with Crippen LogP contribution < -0.4 is 16.9 Å². The maximum atomic E-state index is 11.9. The van der Waals surface area contributed by atoms with Crippen molar-refractivity contribution in [3.8, 4) is 0 Å². The second-order valence-corrected chi connectivity index (χ2v) is 7.41. The number of thioether (sulfide) groups is 2. The summed E-state index contributed by atoms with van der Waals surface area (Å²) < 4.78 is 1.42. The summed E-state index contributed by atoms with van der Waals surface area (Å²) in [5, 5.41) is 11.8. The van der Waals surface area contributed by atoms with Crippen molar-refractivity contribution < 1.29 is 14.7 Å². The van der Waals surface area contributed by atoms with Gasteiger partial charge in [0.05, 0.1) is 0 Å². The van der Waals surface area contributed by atoms with Crippen molar-refractivity contribution in [1.82, 2.24) is 19.7 Å². The number of carboxylic acids is 1. The van der Waals surface area contributed by atoms with Crippen LogP contribution in [0.25, 0.3) is 0 Å².